The Morgan fingerprint density at radius 1 is 1.17 bits per heavy atom. The zero-order valence-electron chi connectivity index (χ0n) is 9.22. The molecule has 2 heteroatoms. The summed E-state index contributed by atoms with van der Waals surface area (Å²) in [6, 6.07) is 0.648. The van der Waals surface area contributed by atoms with Gasteiger partial charge in [0.25, 0.3) is 0 Å². The van der Waals surface area contributed by atoms with E-state index >= 15 is 0 Å². The highest BCUT2D eigenvalue weighted by Gasteiger charge is 2.09. The Bertz CT molecular complexity index is 102. The molecule has 0 saturated carbocycles. The monoisotopic (exact) mass is 172 g/mol. The third kappa shape index (κ3) is 5.56. The van der Waals surface area contributed by atoms with Gasteiger partial charge in [-0.15, -0.1) is 0 Å². The molecule has 2 atom stereocenters. The van der Waals surface area contributed by atoms with E-state index in [0.29, 0.717) is 6.04 Å². The van der Waals surface area contributed by atoms with Crippen LogP contribution in [0, 0.1) is 5.92 Å². The van der Waals surface area contributed by atoms with Crippen molar-refractivity contribution in [2.45, 2.75) is 46.1 Å². The number of hydrazine groups is 1. The fraction of sp³-hybridized carbons (Fsp3) is 1.00. The van der Waals surface area contributed by atoms with Gasteiger partial charge in [0.1, 0.15) is 0 Å². The molecule has 0 aliphatic carbocycles. The van der Waals surface area contributed by atoms with Gasteiger partial charge >= 0.3 is 0 Å². The highest BCUT2D eigenvalue weighted by atomic mass is 15.5. The molecule has 12 heavy (non-hydrogen) atoms. The van der Waals surface area contributed by atoms with E-state index in [1.54, 1.807) is 0 Å². The molecule has 1 N–H and O–H groups in total. The lowest BCUT2D eigenvalue weighted by molar-refractivity contribution is 0.214. The summed E-state index contributed by atoms with van der Waals surface area (Å²) in [6.07, 6.45) is 3.78. The highest BCUT2D eigenvalue weighted by Crippen LogP contribution is 2.11. The zero-order valence-corrected chi connectivity index (χ0v) is 9.22. The van der Waals surface area contributed by atoms with Gasteiger partial charge in [0, 0.05) is 20.1 Å². The molecule has 0 aromatic rings. The predicted molar refractivity (Wildman–Crippen MR) is 55.0 cm³/mol. The quantitative estimate of drug-likeness (QED) is 0.618. The highest BCUT2D eigenvalue weighted by molar-refractivity contribution is 4.65. The van der Waals surface area contributed by atoms with Crippen molar-refractivity contribution in [2.24, 2.45) is 5.92 Å². The molecular formula is C10H24N2. The van der Waals surface area contributed by atoms with E-state index in [-0.39, 0.29) is 0 Å². The molecule has 74 valence electrons. The van der Waals surface area contributed by atoms with Crippen LogP contribution in [0.5, 0.6) is 0 Å². The van der Waals surface area contributed by atoms with Gasteiger partial charge in [0.2, 0.25) is 0 Å². The lowest BCUT2D eigenvalue weighted by atomic mass is 9.98. The number of hydrogen-bond acceptors (Lipinski definition) is 2. The molecule has 2 unspecified atom stereocenters. The SMILES string of the molecule is CCC(C)CC(CC)NN(C)C. The Hall–Kier alpha value is -0.0800. The van der Waals surface area contributed by atoms with E-state index in [1.807, 2.05) is 0 Å². The average molecular weight is 172 g/mol. The van der Waals surface area contributed by atoms with Gasteiger partial charge in [-0.05, 0) is 18.8 Å². The van der Waals surface area contributed by atoms with E-state index in [4.69, 9.17) is 0 Å². The van der Waals surface area contributed by atoms with Crippen LogP contribution in [0.2, 0.25) is 0 Å². The first-order valence-corrected chi connectivity index (χ1v) is 5.03. The summed E-state index contributed by atoms with van der Waals surface area (Å²) >= 11 is 0. The molecule has 0 saturated heterocycles. The van der Waals surface area contributed by atoms with Crippen LogP contribution in [0.4, 0.5) is 0 Å². The molecule has 0 rings (SSSR count). The van der Waals surface area contributed by atoms with Crippen LogP contribution >= 0.6 is 0 Å². The van der Waals surface area contributed by atoms with Crippen molar-refractivity contribution in [3.05, 3.63) is 0 Å². The van der Waals surface area contributed by atoms with E-state index in [2.05, 4.69) is 45.3 Å². The number of nitrogens with one attached hydrogen (secondary N) is 1. The van der Waals surface area contributed by atoms with Gasteiger partial charge in [-0.25, -0.2) is 0 Å². The maximum Gasteiger partial charge on any atom is 0.0215 e. The molecule has 0 aromatic carbocycles. The smallest absolute Gasteiger partial charge is 0.0215 e. The molecule has 0 fully saturated rings. The van der Waals surface area contributed by atoms with E-state index < -0.39 is 0 Å². The molecule has 0 radical (unpaired) electrons. The molecule has 2 nitrogen and oxygen atoms in total. The normalized spacial score (nSPS) is 16.5. The zero-order chi connectivity index (χ0) is 9.56. The Balaban J connectivity index is 3.66. The topological polar surface area (TPSA) is 15.3 Å². The fourth-order valence-corrected chi connectivity index (χ4v) is 1.33. The summed E-state index contributed by atoms with van der Waals surface area (Å²) in [5.74, 6) is 0.836. The van der Waals surface area contributed by atoms with Crippen molar-refractivity contribution in [1.29, 1.82) is 0 Å². The molecule has 0 aromatic heterocycles. The molecule has 0 aliphatic rings. The summed E-state index contributed by atoms with van der Waals surface area (Å²) in [7, 11) is 4.11. The summed E-state index contributed by atoms with van der Waals surface area (Å²) in [6.45, 7) is 6.82. The first-order chi connectivity index (χ1) is 5.60. The van der Waals surface area contributed by atoms with Crippen molar-refractivity contribution in [3.8, 4) is 0 Å². The maximum absolute atomic E-state index is 3.43. The predicted octanol–water partition coefficient (Wildman–Crippen LogP) is 2.27. The summed E-state index contributed by atoms with van der Waals surface area (Å²) in [4.78, 5) is 0. The minimum atomic E-state index is 0.648. The first-order valence-electron chi connectivity index (χ1n) is 5.03. The van der Waals surface area contributed by atoms with Gasteiger partial charge in [-0.1, -0.05) is 27.2 Å². The summed E-state index contributed by atoms with van der Waals surface area (Å²) in [5.41, 5.74) is 3.43. The van der Waals surface area contributed by atoms with Crippen LogP contribution in [0.25, 0.3) is 0 Å². The van der Waals surface area contributed by atoms with E-state index in [1.165, 1.54) is 19.3 Å². The summed E-state index contributed by atoms with van der Waals surface area (Å²) in [5, 5.41) is 2.05. The van der Waals surface area contributed by atoms with Crippen molar-refractivity contribution in [2.75, 3.05) is 14.1 Å². The second-order valence-corrected chi connectivity index (χ2v) is 3.88. The molecule has 0 aliphatic heterocycles. The number of rotatable bonds is 6. The van der Waals surface area contributed by atoms with Gasteiger partial charge in [-0.3, -0.25) is 10.4 Å². The van der Waals surface area contributed by atoms with Gasteiger partial charge in [0.05, 0.1) is 0 Å². The Labute approximate surface area is 77.3 Å². The minimum Gasteiger partial charge on any atom is -0.253 e. The third-order valence-corrected chi connectivity index (χ3v) is 2.32. The Morgan fingerprint density at radius 3 is 2.08 bits per heavy atom. The number of nitrogens with zero attached hydrogens (tertiary/aromatic N) is 1. The third-order valence-electron chi connectivity index (χ3n) is 2.32. The van der Waals surface area contributed by atoms with Crippen molar-refractivity contribution >= 4 is 0 Å². The summed E-state index contributed by atoms with van der Waals surface area (Å²) < 4.78 is 0. The van der Waals surface area contributed by atoms with Crippen LogP contribution in [-0.4, -0.2) is 25.1 Å². The van der Waals surface area contributed by atoms with Crippen LogP contribution < -0.4 is 5.43 Å². The van der Waals surface area contributed by atoms with Gasteiger partial charge in [-0.2, -0.15) is 0 Å². The molecule has 0 bridgehead atoms. The van der Waals surface area contributed by atoms with Crippen molar-refractivity contribution in [3.63, 3.8) is 0 Å². The van der Waals surface area contributed by atoms with Crippen LogP contribution in [0.15, 0.2) is 0 Å². The van der Waals surface area contributed by atoms with E-state index in [0.717, 1.165) is 5.92 Å². The largest absolute Gasteiger partial charge is 0.253 e. The standard InChI is InChI=1S/C10H24N2/c1-6-9(3)8-10(7-2)11-12(4)5/h9-11H,6-8H2,1-5H3. The first kappa shape index (κ1) is 11.9. The lowest BCUT2D eigenvalue weighted by Gasteiger charge is -2.24. The van der Waals surface area contributed by atoms with Gasteiger partial charge < -0.3 is 0 Å². The van der Waals surface area contributed by atoms with Gasteiger partial charge in [0.15, 0.2) is 0 Å². The molecular weight excluding hydrogens is 148 g/mol. The van der Waals surface area contributed by atoms with Crippen molar-refractivity contribution in [1.82, 2.24) is 10.4 Å². The molecule has 0 heterocycles. The molecule has 0 amide bonds. The van der Waals surface area contributed by atoms with Crippen LogP contribution in [0.1, 0.15) is 40.0 Å². The Kier molecular flexibility index (Phi) is 6.39. The Morgan fingerprint density at radius 2 is 1.75 bits per heavy atom. The average Bonchev–Trinajstić information content (AvgIpc) is 2.02. The second-order valence-electron chi connectivity index (χ2n) is 3.88. The lowest BCUT2D eigenvalue weighted by Crippen LogP contribution is -2.40. The van der Waals surface area contributed by atoms with E-state index in [9.17, 15) is 0 Å². The maximum atomic E-state index is 3.43. The van der Waals surface area contributed by atoms with Crippen molar-refractivity contribution < 1.29 is 0 Å². The number of hydrogen-bond donors (Lipinski definition) is 1. The van der Waals surface area contributed by atoms with Crippen LogP contribution in [0.3, 0.4) is 0 Å². The minimum absolute atomic E-state index is 0.648. The fourth-order valence-electron chi connectivity index (χ4n) is 1.33. The van der Waals surface area contributed by atoms with Crippen LogP contribution in [-0.2, 0) is 0 Å². The molecule has 0 spiro atoms. The second kappa shape index (κ2) is 6.44.